The van der Waals surface area contributed by atoms with E-state index < -0.39 is 0 Å². The summed E-state index contributed by atoms with van der Waals surface area (Å²) in [5.74, 6) is 1.22. The Hall–Kier alpha value is -1.85. The summed E-state index contributed by atoms with van der Waals surface area (Å²) in [6.45, 7) is 10.5. The first-order valence-electron chi connectivity index (χ1n) is 7.08. The van der Waals surface area contributed by atoms with Crippen LogP contribution in [0, 0.1) is 6.92 Å². The molecule has 1 unspecified atom stereocenters. The predicted octanol–water partition coefficient (Wildman–Crippen LogP) is 1.93. The molecule has 0 radical (unpaired) electrons. The van der Waals surface area contributed by atoms with Gasteiger partial charge >= 0.3 is 0 Å². The molecule has 0 bridgehead atoms. The molecule has 0 saturated carbocycles. The first-order valence-corrected chi connectivity index (χ1v) is 7.08. The highest BCUT2D eigenvalue weighted by Gasteiger charge is 2.15. The number of amides is 1. The van der Waals surface area contributed by atoms with Crippen molar-refractivity contribution in [2.45, 2.75) is 53.1 Å². The molecule has 1 amide bonds. The molecule has 1 rings (SSSR count). The summed E-state index contributed by atoms with van der Waals surface area (Å²) in [6, 6.07) is -0.218. The molecule has 20 heavy (non-hydrogen) atoms. The smallest absolute Gasteiger partial charge is 0.242 e. The van der Waals surface area contributed by atoms with Crippen LogP contribution >= 0.6 is 0 Å². The number of nitrogens with zero attached hydrogens (tertiary/aromatic N) is 2. The van der Waals surface area contributed by atoms with Crippen LogP contribution in [0.3, 0.4) is 0 Å². The normalized spacial score (nSPS) is 12.1. The minimum Gasteiger partial charge on any atom is -0.358 e. The summed E-state index contributed by atoms with van der Waals surface area (Å²) in [5.41, 5.74) is 0.913. The third-order valence-corrected chi connectivity index (χ3v) is 2.68. The van der Waals surface area contributed by atoms with Crippen molar-refractivity contribution in [3.8, 4) is 0 Å². The van der Waals surface area contributed by atoms with Crippen molar-refractivity contribution < 1.29 is 4.79 Å². The number of nitrogens with one attached hydrogen (secondary N) is 3. The van der Waals surface area contributed by atoms with Gasteiger partial charge in [-0.05, 0) is 34.1 Å². The minimum atomic E-state index is -0.343. The van der Waals surface area contributed by atoms with Crippen LogP contribution in [0.4, 0.5) is 11.8 Å². The first kappa shape index (κ1) is 16.2. The highest BCUT2D eigenvalue weighted by molar-refractivity contribution is 5.84. The topological polar surface area (TPSA) is 78.9 Å². The Morgan fingerprint density at radius 1 is 1.35 bits per heavy atom. The lowest BCUT2D eigenvalue weighted by atomic mass is 10.2. The van der Waals surface area contributed by atoms with E-state index in [4.69, 9.17) is 0 Å². The molecular formula is C14H25N5O. The highest BCUT2D eigenvalue weighted by Crippen LogP contribution is 2.13. The number of anilines is 2. The number of aryl methyl sites for hydroxylation is 1. The summed E-state index contributed by atoms with van der Waals surface area (Å²) in [7, 11) is 0. The van der Waals surface area contributed by atoms with Gasteiger partial charge in [0.2, 0.25) is 11.9 Å². The van der Waals surface area contributed by atoms with Crippen LogP contribution < -0.4 is 16.0 Å². The predicted molar refractivity (Wildman–Crippen MR) is 81.9 cm³/mol. The molecule has 1 aromatic rings. The SMILES string of the molecule is CCCNc1ncc(C)c(NC(C)C(=O)NC(C)C)n1. The molecule has 0 aliphatic carbocycles. The van der Waals surface area contributed by atoms with Crippen molar-refractivity contribution in [2.24, 2.45) is 0 Å². The van der Waals surface area contributed by atoms with Crippen LogP contribution in [-0.4, -0.2) is 34.5 Å². The zero-order chi connectivity index (χ0) is 15.1. The van der Waals surface area contributed by atoms with E-state index in [1.54, 1.807) is 6.20 Å². The molecule has 1 aromatic heterocycles. The Balaban J connectivity index is 2.72. The van der Waals surface area contributed by atoms with Crippen molar-refractivity contribution >= 4 is 17.7 Å². The Labute approximate surface area is 120 Å². The average Bonchev–Trinajstić information content (AvgIpc) is 2.38. The van der Waals surface area contributed by atoms with Gasteiger partial charge in [0, 0.05) is 24.3 Å². The molecule has 112 valence electrons. The maximum atomic E-state index is 11.9. The maximum Gasteiger partial charge on any atom is 0.242 e. The van der Waals surface area contributed by atoms with E-state index in [0.29, 0.717) is 11.8 Å². The Kier molecular flexibility index (Phi) is 6.21. The van der Waals surface area contributed by atoms with E-state index in [9.17, 15) is 4.79 Å². The zero-order valence-electron chi connectivity index (χ0n) is 12.9. The molecule has 0 spiro atoms. The number of carbonyl (C=O) groups excluding carboxylic acids is 1. The fraction of sp³-hybridized carbons (Fsp3) is 0.643. The standard InChI is InChI=1S/C14H25N5O/c1-6-7-15-14-16-8-10(4)12(19-14)18-11(5)13(20)17-9(2)3/h8-9,11H,6-7H2,1-5H3,(H,17,20)(H2,15,16,18,19). The monoisotopic (exact) mass is 279 g/mol. The van der Waals surface area contributed by atoms with E-state index in [1.807, 2.05) is 27.7 Å². The molecule has 0 fully saturated rings. The van der Waals surface area contributed by atoms with Gasteiger partial charge < -0.3 is 16.0 Å². The van der Waals surface area contributed by atoms with Gasteiger partial charge in [-0.2, -0.15) is 4.98 Å². The Morgan fingerprint density at radius 2 is 2.05 bits per heavy atom. The lowest BCUT2D eigenvalue weighted by molar-refractivity contribution is -0.122. The number of hydrogen-bond donors (Lipinski definition) is 3. The number of rotatable bonds is 7. The molecule has 3 N–H and O–H groups in total. The van der Waals surface area contributed by atoms with Gasteiger partial charge in [-0.3, -0.25) is 4.79 Å². The van der Waals surface area contributed by atoms with E-state index in [2.05, 4.69) is 32.8 Å². The summed E-state index contributed by atoms with van der Waals surface area (Å²) < 4.78 is 0. The fourth-order valence-electron chi connectivity index (χ4n) is 1.59. The van der Waals surface area contributed by atoms with Crippen molar-refractivity contribution in [2.75, 3.05) is 17.2 Å². The molecule has 0 aliphatic rings. The Morgan fingerprint density at radius 3 is 2.65 bits per heavy atom. The molecule has 0 aliphatic heterocycles. The molecular weight excluding hydrogens is 254 g/mol. The molecule has 0 aromatic carbocycles. The number of carbonyl (C=O) groups is 1. The fourth-order valence-corrected chi connectivity index (χ4v) is 1.59. The van der Waals surface area contributed by atoms with Gasteiger partial charge in [0.15, 0.2) is 0 Å². The second kappa shape index (κ2) is 7.67. The second-order valence-electron chi connectivity index (χ2n) is 5.18. The summed E-state index contributed by atoms with van der Waals surface area (Å²) in [6.07, 6.45) is 2.76. The minimum absolute atomic E-state index is 0.0407. The second-order valence-corrected chi connectivity index (χ2v) is 5.18. The summed E-state index contributed by atoms with van der Waals surface area (Å²) in [5, 5.41) is 9.13. The van der Waals surface area contributed by atoms with Gasteiger partial charge in [0.1, 0.15) is 11.9 Å². The van der Waals surface area contributed by atoms with Crippen LogP contribution in [0.25, 0.3) is 0 Å². The van der Waals surface area contributed by atoms with Crippen molar-refractivity contribution in [1.29, 1.82) is 0 Å². The van der Waals surface area contributed by atoms with E-state index in [1.165, 1.54) is 0 Å². The maximum absolute atomic E-state index is 11.9. The lowest BCUT2D eigenvalue weighted by Gasteiger charge is -2.18. The van der Waals surface area contributed by atoms with Gasteiger partial charge in [0.05, 0.1) is 0 Å². The van der Waals surface area contributed by atoms with Crippen LogP contribution in [0.5, 0.6) is 0 Å². The van der Waals surface area contributed by atoms with E-state index >= 15 is 0 Å². The number of aromatic nitrogens is 2. The molecule has 6 heteroatoms. The zero-order valence-corrected chi connectivity index (χ0v) is 12.9. The molecule has 1 heterocycles. The van der Waals surface area contributed by atoms with Crippen LogP contribution in [-0.2, 0) is 4.79 Å². The average molecular weight is 279 g/mol. The van der Waals surface area contributed by atoms with Gasteiger partial charge in [0.25, 0.3) is 0 Å². The summed E-state index contributed by atoms with van der Waals surface area (Å²) in [4.78, 5) is 20.5. The lowest BCUT2D eigenvalue weighted by Crippen LogP contribution is -2.41. The Bertz CT molecular complexity index is 447. The largest absolute Gasteiger partial charge is 0.358 e. The van der Waals surface area contributed by atoms with E-state index in [0.717, 1.165) is 18.5 Å². The van der Waals surface area contributed by atoms with Gasteiger partial charge in [-0.1, -0.05) is 6.92 Å². The third-order valence-electron chi connectivity index (χ3n) is 2.68. The van der Waals surface area contributed by atoms with Crippen LogP contribution in [0.15, 0.2) is 6.20 Å². The van der Waals surface area contributed by atoms with Gasteiger partial charge in [-0.25, -0.2) is 4.98 Å². The van der Waals surface area contributed by atoms with Crippen LogP contribution in [0.1, 0.15) is 39.7 Å². The molecule has 0 saturated heterocycles. The summed E-state index contributed by atoms with van der Waals surface area (Å²) >= 11 is 0. The van der Waals surface area contributed by atoms with Crippen molar-refractivity contribution in [1.82, 2.24) is 15.3 Å². The van der Waals surface area contributed by atoms with Crippen LogP contribution in [0.2, 0.25) is 0 Å². The van der Waals surface area contributed by atoms with E-state index in [-0.39, 0.29) is 18.0 Å². The molecule has 6 nitrogen and oxygen atoms in total. The van der Waals surface area contributed by atoms with Crippen molar-refractivity contribution in [3.05, 3.63) is 11.8 Å². The molecule has 1 atom stereocenters. The first-order chi connectivity index (χ1) is 9.43. The van der Waals surface area contributed by atoms with Gasteiger partial charge in [-0.15, -0.1) is 0 Å². The van der Waals surface area contributed by atoms with Crippen molar-refractivity contribution in [3.63, 3.8) is 0 Å². The number of hydrogen-bond acceptors (Lipinski definition) is 5. The highest BCUT2D eigenvalue weighted by atomic mass is 16.2. The third kappa shape index (κ3) is 5.03. The quantitative estimate of drug-likeness (QED) is 0.711.